The van der Waals surface area contributed by atoms with Crippen molar-refractivity contribution in [2.45, 2.75) is 32.4 Å². The van der Waals surface area contributed by atoms with Crippen molar-refractivity contribution in [1.29, 1.82) is 5.26 Å². The fraction of sp³-hybridized carbons (Fsp3) is 0.462. The van der Waals surface area contributed by atoms with E-state index >= 15 is 0 Å². The highest BCUT2D eigenvalue weighted by Gasteiger charge is 2.26. The van der Waals surface area contributed by atoms with Gasteiger partial charge in [-0.2, -0.15) is 5.26 Å². The molecule has 1 rings (SSSR count). The summed E-state index contributed by atoms with van der Waals surface area (Å²) in [5, 5.41) is 22.1. The summed E-state index contributed by atoms with van der Waals surface area (Å²) in [4.78, 5) is 25.4. The van der Waals surface area contributed by atoms with Gasteiger partial charge in [-0.15, -0.1) is 11.3 Å². The fourth-order valence-electron chi connectivity index (χ4n) is 1.68. The first kappa shape index (κ1) is 16.0. The predicted molar refractivity (Wildman–Crippen MR) is 75.3 cm³/mol. The maximum atomic E-state index is 12.1. The van der Waals surface area contributed by atoms with Crippen molar-refractivity contribution in [2.24, 2.45) is 0 Å². The molecule has 0 bridgehead atoms. The highest BCUT2D eigenvalue weighted by Crippen LogP contribution is 2.19. The molecule has 0 fully saturated rings. The van der Waals surface area contributed by atoms with E-state index in [-0.39, 0.29) is 19.0 Å². The van der Waals surface area contributed by atoms with Crippen LogP contribution in [0.15, 0.2) is 17.5 Å². The van der Waals surface area contributed by atoms with E-state index < -0.39 is 18.0 Å². The molecule has 20 heavy (non-hydrogen) atoms. The lowest BCUT2D eigenvalue weighted by atomic mass is 10.2. The largest absolute Gasteiger partial charge is 0.479 e. The molecule has 0 radical (unpaired) electrons. The number of nitriles is 1. The Morgan fingerprint density at radius 2 is 2.25 bits per heavy atom. The SMILES string of the molecule is CC(C)N(CCC#N)C(=O)NC(C(=O)O)c1cccs1. The third-order valence-corrected chi connectivity index (χ3v) is 3.63. The zero-order valence-corrected chi connectivity index (χ0v) is 12.2. The molecule has 2 amide bonds. The Balaban J connectivity index is 2.79. The first-order valence-corrected chi connectivity index (χ1v) is 7.05. The number of carboxylic acid groups (broad SMARTS) is 1. The molecular formula is C13H17N3O3S. The van der Waals surface area contributed by atoms with Gasteiger partial charge in [-0.1, -0.05) is 6.07 Å². The molecule has 0 aliphatic carbocycles. The number of nitrogens with one attached hydrogen (secondary N) is 1. The molecule has 1 unspecified atom stereocenters. The van der Waals surface area contributed by atoms with Crippen LogP contribution in [0.1, 0.15) is 31.2 Å². The lowest BCUT2D eigenvalue weighted by Gasteiger charge is -2.27. The molecule has 0 aliphatic rings. The average Bonchev–Trinajstić information content (AvgIpc) is 2.89. The second-order valence-electron chi connectivity index (χ2n) is 4.43. The van der Waals surface area contributed by atoms with E-state index in [0.717, 1.165) is 0 Å². The highest BCUT2D eigenvalue weighted by molar-refractivity contribution is 7.10. The first-order valence-electron chi connectivity index (χ1n) is 6.17. The molecule has 1 aromatic rings. The van der Waals surface area contributed by atoms with E-state index in [1.54, 1.807) is 17.5 Å². The van der Waals surface area contributed by atoms with E-state index in [1.807, 2.05) is 19.9 Å². The van der Waals surface area contributed by atoms with Crippen LogP contribution in [0.3, 0.4) is 0 Å². The van der Waals surface area contributed by atoms with Crippen molar-refractivity contribution in [3.8, 4) is 6.07 Å². The zero-order valence-electron chi connectivity index (χ0n) is 11.4. The van der Waals surface area contributed by atoms with Gasteiger partial charge in [0.2, 0.25) is 0 Å². The second-order valence-corrected chi connectivity index (χ2v) is 5.41. The number of nitrogens with zero attached hydrogens (tertiary/aromatic N) is 2. The standard InChI is InChI=1S/C13H17N3O3S/c1-9(2)16(7-4-6-14)13(19)15-11(12(17)18)10-5-3-8-20-10/h3,5,8-9,11H,4,7H2,1-2H3,(H,15,19)(H,17,18). The number of carbonyl (C=O) groups is 2. The van der Waals surface area contributed by atoms with Gasteiger partial charge in [0, 0.05) is 17.5 Å². The number of aliphatic carboxylic acids is 1. The van der Waals surface area contributed by atoms with Crippen LogP contribution in [0.2, 0.25) is 0 Å². The summed E-state index contributed by atoms with van der Waals surface area (Å²) in [6.07, 6.45) is 0.211. The third kappa shape index (κ3) is 4.24. The minimum absolute atomic E-state index is 0.110. The zero-order chi connectivity index (χ0) is 15.1. The first-order chi connectivity index (χ1) is 9.47. The van der Waals surface area contributed by atoms with Gasteiger partial charge in [0.15, 0.2) is 6.04 Å². The molecule has 0 saturated carbocycles. The van der Waals surface area contributed by atoms with Crippen LogP contribution < -0.4 is 5.32 Å². The van der Waals surface area contributed by atoms with E-state index in [0.29, 0.717) is 4.88 Å². The number of thiophene rings is 1. The van der Waals surface area contributed by atoms with Crippen LogP contribution in [-0.4, -0.2) is 34.6 Å². The molecule has 108 valence electrons. The molecule has 0 aromatic carbocycles. The number of carbonyl (C=O) groups excluding carboxylic acids is 1. The van der Waals surface area contributed by atoms with Gasteiger partial charge >= 0.3 is 12.0 Å². The minimum atomic E-state index is -1.11. The number of rotatable bonds is 6. The highest BCUT2D eigenvalue weighted by atomic mass is 32.1. The summed E-state index contributed by atoms with van der Waals surface area (Å²) < 4.78 is 0. The Morgan fingerprint density at radius 3 is 2.70 bits per heavy atom. The number of urea groups is 1. The van der Waals surface area contributed by atoms with Gasteiger partial charge in [-0.25, -0.2) is 9.59 Å². The summed E-state index contributed by atoms with van der Waals surface area (Å²) in [7, 11) is 0. The van der Waals surface area contributed by atoms with Crippen molar-refractivity contribution < 1.29 is 14.7 Å². The van der Waals surface area contributed by atoms with Gasteiger partial charge in [0.05, 0.1) is 12.5 Å². The number of amides is 2. The number of carboxylic acids is 1. The molecule has 1 aromatic heterocycles. The molecule has 0 aliphatic heterocycles. The summed E-state index contributed by atoms with van der Waals surface area (Å²) >= 11 is 1.27. The van der Waals surface area contributed by atoms with Crippen LogP contribution in [0.5, 0.6) is 0 Å². The second kappa shape index (κ2) is 7.50. The normalized spacial score (nSPS) is 11.7. The Morgan fingerprint density at radius 1 is 1.55 bits per heavy atom. The quantitative estimate of drug-likeness (QED) is 0.841. The Kier molecular flexibility index (Phi) is 6.00. The fourth-order valence-corrected chi connectivity index (χ4v) is 2.45. The third-order valence-electron chi connectivity index (χ3n) is 2.69. The van der Waals surface area contributed by atoms with Crippen molar-refractivity contribution in [1.82, 2.24) is 10.2 Å². The molecule has 0 spiro atoms. The van der Waals surface area contributed by atoms with Gasteiger partial charge < -0.3 is 15.3 Å². The Labute approximate surface area is 121 Å². The van der Waals surface area contributed by atoms with Crippen molar-refractivity contribution in [3.05, 3.63) is 22.4 Å². The van der Waals surface area contributed by atoms with Gasteiger partial charge in [-0.3, -0.25) is 0 Å². The van der Waals surface area contributed by atoms with E-state index in [4.69, 9.17) is 5.26 Å². The summed E-state index contributed by atoms with van der Waals surface area (Å²) in [5.74, 6) is -1.11. The maximum absolute atomic E-state index is 12.1. The summed E-state index contributed by atoms with van der Waals surface area (Å²) in [6.45, 7) is 3.91. The minimum Gasteiger partial charge on any atom is -0.479 e. The van der Waals surface area contributed by atoms with Crippen molar-refractivity contribution in [2.75, 3.05) is 6.54 Å². The maximum Gasteiger partial charge on any atom is 0.331 e. The molecule has 2 N–H and O–H groups in total. The van der Waals surface area contributed by atoms with Crippen molar-refractivity contribution >= 4 is 23.3 Å². The number of hydrogen-bond acceptors (Lipinski definition) is 4. The lowest BCUT2D eigenvalue weighted by Crippen LogP contribution is -2.47. The van der Waals surface area contributed by atoms with Gasteiger partial charge in [-0.05, 0) is 25.3 Å². The molecule has 6 nitrogen and oxygen atoms in total. The summed E-state index contributed by atoms with van der Waals surface area (Å²) in [5.41, 5.74) is 0. The molecule has 0 saturated heterocycles. The molecule has 1 atom stereocenters. The van der Waals surface area contributed by atoms with Crippen LogP contribution in [0.25, 0.3) is 0 Å². The number of hydrogen-bond donors (Lipinski definition) is 2. The van der Waals surface area contributed by atoms with Gasteiger partial charge in [0.1, 0.15) is 0 Å². The van der Waals surface area contributed by atoms with Crippen LogP contribution in [-0.2, 0) is 4.79 Å². The monoisotopic (exact) mass is 295 g/mol. The van der Waals surface area contributed by atoms with E-state index in [9.17, 15) is 14.7 Å². The lowest BCUT2D eigenvalue weighted by molar-refractivity contribution is -0.139. The smallest absolute Gasteiger partial charge is 0.331 e. The predicted octanol–water partition coefficient (Wildman–Crippen LogP) is 2.21. The van der Waals surface area contributed by atoms with E-state index in [1.165, 1.54) is 16.2 Å². The average molecular weight is 295 g/mol. The Hall–Kier alpha value is -2.07. The van der Waals surface area contributed by atoms with Gasteiger partial charge in [0.25, 0.3) is 0 Å². The van der Waals surface area contributed by atoms with Crippen molar-refractivity contribution in [3.63, 3.8) is 0 Å². The van der Waals surface area contributed by atoms with Crippen LogP contribution >= 0.6 is 11.3 Å². The summed E-state index contributed by atoms with van der Waals surface area (Å²) in [6, 6.07) is 3.73. The molecular weight excluding hydrogens is 278 g/mol. The molecule has 1 heterocycles. The topological polar surface area (TPSA) is 93.4 Å². The van der Waals surface area contributed by atoms with Crippen LogP contribution in [0.4, 0.5) is 4.79 Å². The Bertz CT molecular complexity index is 493. The molecule has 7 heteroatoms. The van der Waals surface area contributed by atoms with E-state index in [2.05, 4.69) is 5.32 Å². The van der Waals surface area contributed by atoms with Crippen LogP contribution in [0, 0.1) is 11.3 Å².